The molecule has 7 nitrogen and oxygen atoms in total. The SMILES string of the molecule is CCOCC(C)(N)c1noc(-c2csnn2)n1. The Morgan fingerprint density at radius 1 is 1.59 bits per heavy atom. The van der Waals surface area contributed by atoms with E-state index in [4.69, 9.17) is 15.0 Å². The summed E-state index contributed by atoms with van der Waals surface area (Å²) in [6.45, 7) is 4.61. The van der Waals surface area contributed by atoms with Crippen molar-refractivity contribution in [3.63, 3.8) is 0 Å². The molecule has 0 aliphatic rings. The van der Waals surface area contributed by atoms with Gasteiger partial charge in [0.25, 0.3) is 5.89 Å². The summed E-state index contributed by atoms with van der Waals surface area (Å²) in [6, 6.07) is 0. The maximum atomic E-state index is 6.05. The highest BCUT2D eigenvalue weighted by Gasteiger charge is 2.28. The molecule has 0 amide bonds. The molecule has 2 aromatic heterocycles. The lowest BCUT2D eigenvalue weighted by atomic mass is 10.1. The zero-order valence-corrected chi connectivity index (χ0v) is 10.4. The van der Waals surface area contributed by atoms with Gasteiger partial charge in [-0.3, -0.25) is 0 Å². The zero-order chi connectivity index (χ0) is 12.3. The first-order valence-corrected chi connectivity index (χ1v) is 5.95. The molecule has 0 radical (unpaired) electrons. The fourth-order valence-corrected chi connectivity index (χ4v) is 1.63. The van der Waals surface area contributed by atoms with Crippen LogP contribution in [0.15, 0.2) is 9.90 Å². The Morgan fingerprint density at radius 3 is 3.06 bits per heavy atom. The summed E-state index contributed by atoms with van der Waals surface area (Å²) < 4.78 is 14.1. The van der Waals surface area contributed by atoms with Gasteiger partial charge in [0.15, 0.2) is 11.5 Å². The van der Waals surface area contributed by atoms with Gasteiger partial charge >= 0.3 is 0 Å². The average Bonchev–Trinajstić information content (AvgIpc) is 2.95. The molecule has 1 atom stereocenters. The molecule has 0 aliphatic carbocycles. The van der Waals surface area contributed by atoms with E-state index in [1.165, 1.54) is 11.5 Å². The van der Waals surface area contributed by atoms with Gasteiger partial charge in [0.05, 0.1) is 6.61 Å². The lowest BCUT2D eigenvalue weighted by Gasteiger charge is -2.19. The van der Waals surface area contributed by atoms with Crippen molar-refractivity contribution in [3.05, 3.63) is 11.2 Å². The van der Waals surface area contributed by atoms with E-state index in [9.17, 15) is 0 Å². The third-order valence-electron chi connectivity index (χ3n) is 2.12. The van der Waals surface area contributed by atoms with Gasteiger partial charge in [-0.2, -0.15) is 4.98 Å². The number of nitrogens with zero attached hydrogens (tertiary/aromatic N) is 4. The lowest BCUT2D eigenvalue weighted by Crippen LogP contribution is -2.39. The van der Waals surface area contributed by atoms with Gasteiger partial charge < -0.3 is 15.0 Å². The molecule has 2 aromatic rings. The lowest BCUT2D eigenvalue weighted by molar-refractivity contribution is 0.0962. The Morgan fingerprint density at radius 2 is 2.41 bits per heavy atom. The maximum Gasteiger partial charge on any atom is 0.279 e. The van der Waals surface area contributed by atoms with Crippen LogP contribution in [0.5, 0.6) is 0 Å². The van der Waals surface area contributed by atoms with Crippen molar-refractivity contribution >= 4 is 11.5 Å². The van der Waals surface area contributed by atoms with Crippen LogP contribution in [-0.4, -0.2) is 32.9 Å². The number of hydrogen-bond donors (Lipinski definition) is 1. The van der Waals surface area contributed by atoms with Crippen molar-refractivity contribution in [1.29, 1.82) is 0 Å². The van der Waals surface area contributed by atoms with E-state index >= 15 is 0 Å². The first-order valence-electron chi connectivity index (χ1n) is 5.11. The van der Waals surface area contributed by atoms with Crippen LogP contribution in [0.3, 0.4) is 0 Å². The molecule has 0 saturated carbocycles. The minimum atomic E-state index is -0.777. The Hall–Kier alpha value is -1.38. The van der Waals surface area contributed by atoms with Crippen molar-refractivity contribution in [2.45, 2.75) is 19.4 Å². The Balaban J connectivity index is 2.18. The van der Waals surface area contributed by atoms with E-state index in [1.807, 2.05) is 6.92 Å². The minimum Gasteiger partial charge on any atom is -0.379 e. The van der Waals surface area contributed by atoms with Crippen molar-refractivity contribution in [3.8, 4) is 11.6 Å². The molecular weight excluding hydrogens is 242 g/mol. The van der Waals surface area contributed by atoms with Gasteiger partial charge in [0, 0.05) is 12.0 Å². The van der Waals surface area contributed by atoms with Gasteiger partial charge in [-0.05, 0) is 25.4 Å². The Kier molecular flexibility index (Phi) is 3.46. The van der Waals surface area contributed by atoms with Gasteiger partial charge in [-0.1, -0.05) is 9.64 Å². The number of aromatic nitrogens is 4. The van der Waals surface area contributed by atoms with Gasteiger partial charge in [0.2, 0.25) is 0 Å². The molecule has 2 N–H and O–H groups in total. The molecule has 0 fully saturated rings. The van der Waals surface area contributed by atoms with E-state index in [1.54, 1.807) is 12.3 Å². The van der Waals surface area contributed by atoms with Crippen LogP contribution < -0.4 is 5.73 Å². The largest absolute Gasteiger partial charge is 0.379 e. The molecule has 92 valence electrons. The predicted molar refractivity (Wildman–Crippen MR) is 61.2 cm³/mol. The number of rotatable bonds is 5. The quantitative estimate of drug-likeness (QED) is 0.843. The van der Waals surface area contributed by atoms with E-state index in [0.717, 1.165) is 0 Å². The highest BCUT2D eigenvalue weighted by Crippen LogP contribution is 2.20. The van der Waals surface area contributed by atoms with Gasteiger partial charge in [-0.15, -0.1) is 5.10 Å². The fraction of sp³-hybridized carbons (Fsp3) is 0.556. The highest BCUT2D eigenvalue weighted by atomic mass is 32.1. The summed E-state index contributed by atoms with van der Waals surface area (Å²) in [6.07, 6.45) is 0. The first kappa shape index (κ1) is 12.1. The monoisotopic (exact) mass is 255 g/mol. The molecule has 0 saturated heterocycles. The van der Waals surface area contributed by atoms with Crippen LogP contribution in [0, 0.1) is 0 Å². The standard InChI is InChI=1S/C9H13N5O2S/c1-3-15-5-9(2,10)8-11-7(16-13-8)6-4-17-14-12-6/h4H,3,5,10H2,1-2H3. The molecule has 2 rings (SSSR count). The van der Waals surface area contributed by atoms with Crippen LogP contribution in [0.4, 0.5) is 0 Å². The molecule has 2 heterocycles. The maximum absolute atomic E-state index is 6.05. The highest BCUT2D eigenvalue weighted by molar-refractivity contribution is 7.03. The smallest absolute Gasteiger partial charge is 0.279 e. The molecule has 1 unspecified atom stereocenters. The molecule has 0 aliphatic heterocycles. The van der Waals surface area contributed by atoms with Crippen LogP contribution in [0.25, 0.3) is 11.6 Å². The van der Waals surface area contributed by atoms with Crippen molar-refractivity contribution in [2.75, 3.05) is 13.2 Å². The number of nitrogens with two attached hydrogens (primary N) is 1. The average molecular weight is 255 g/mol. The van der Waals surface area contributed by atoms with Crippen LogP contribution in [-0.2, 0) is 10.3 Å². The first-order chi connectivity index (χ1) is 8.13. The van der Waals surface area contributed by atoms with E-state index < -0.39 is 5.54 Å². The van der Waals surface area contributed by atoms with Crippen molar-refractivity contribution < 1.29 is 9.26 Å². The zero-order valence-electron chi connectivity index (χ0n) is 9.58. The van der Waals surface area contributed by atoms with Crippen molar-refractivity contribution in [2.24, 2.45) is 5.73 Å². The van der Waals surface area contributed by atoms with Crippen LogP contribution >= 0.6 is 11.5 Å². The second-order valence-corrected chi connectivity index (χ2v) is 4.38. The fourth-order valence-electron chi connectivity index (χ4n) is 1.20. The number of hydrogen-bond acceptors (Lipinski definition) is 8. The topological polar surface area (TPSA) is 100.0 Å². The summed E-state index contributed by atoms with van der Waals surface area (Å²) in [5.41, 5.74) is 5.83. The molecule has 8 heteroatoms. The Bertz CT molecular complexity index is 467. The predicted octanol–water partition coefficient (Wildman–Crippen LogP) is 0.799. The third-order valence-corrected chi connectivity index (χ3v) is 2.63. The van der Waals surface area contributed by atoms with Gasteiger partial charge in [-0.25, -0.2) is 0 Å². The van der Waals surface area contributed by atoms with E-state index in [-0.39, 0.29) is 0 Å². The summed E-state index contributed by atoms with van der Waals surface area (Å²) in [4.78, 5) is 4.20. The van der Waals surface area contributed by atoms with Crippen molar-refractivity contribution in [1.82, 2.24) is 19.7 Å². The Labute approximate surface area is 102 Å². The van der Waals surface area contributed by atoms with Gasteiger partial charge in [0.1, 0.15) is 5.54 Å². The molecular formula is C9H13N5O2S. The normalized spacial score (nSPS) is 14.8. The second-order valence-electron chi connectivity index (χ2n) is 3.77. The van der Waals surface area contributed by atoms with Crippen LogP contribution in [0.1, 0.15) is 19.7 Å². The minimum absolute atomic E-state index is 0.321. The molecule has 0 aromatic carbocycles. The summed E-state index contributed by atoms with van der Waals surface area (Å²) in [5, 5.41) is 9.42. The van der Waals surface area contributed by atoms with E-state index in [2.05, 4.69) is 19.7 Å². The molecule has 17 heavy (non-hydrogen) atoms. The second kappa shape index (κ2) is 4.86. The molecule has 0 spiro atoms. The third kappa shape index (κ3) is 2.65. The van der Waals surface area contributed by atoms with E-state index in [0.29, 0.717) is 30.6 Å². The summed E-state index contributed by atoms with van der Waals surface area (Å²) >= 11 is 1.22. The summed E-state index contributed by atoms with van der Waals surface area (Å²) in [7, 11) is 0. The number of ether oxygens (including phenoxy) is 1. The summed E-state index contributed by atoms with van der Waals surface area (Å²) in [5.74, 6) is 0.718. The van der Waals surface area contributed by atoms with Crippen LogP contribution in [0.2, 0.25) is 0 Å². The molecule has 0 bridgehead atoms.